The molecule has 4 heteroatoms. The molecule has 0 fully saturated rings. The van der Waals surface area contributed by atoms with E-state index in [1.807, 2.05) is 12.3 Å². The van der Waals surface area contributed by atoms with Crippen molar-refractivity contribution in [2.45, 2.75) is 45.9 Å². The van der Waals surface area contributed by atoms with Crippen LogP contribution in [-0.2, 0) is 17.9 Å². The summed E-state index contributed by atoms with van der Waals surface area (Å²) >= 11 is 0. The lowest BCUT2D eigenvalue weighted by atomic mass is 10.1. The number of hydrogen-bond acceptors (Lipinski definition) is 4. The molecule has 1 aromatic rings. The summed E-state index contributed by atoms with van der Waals surface area (Å²) in [6.45, 7) is 9.70. The second-order valence-electron chi connectivity index (χ2n) is 6.03. The third-order valence-corrected chi connectivity index (χ3v) is 3.56. The smallest absolute Gasteiger partial charge is 0.0888 e. The fraction of sp³-hybridized carbons (Fsp3) is 0.688. The number of likely N-dealkylation sites (N-methyl/N-ethyl adjacent to an activating group) is 1. The maximum absolute atomic E-state index is 5.76. The molecule has 0 saturated heterocycles. The van der Waals surface area contributed by atoms with E-state index in [9.17, 15) is 0 Å². The number of ether oxygens (including phenoxy) is 1. The van der Waals surface area contributed by atoms with Gasteiger partial charge >= 0.3 is 0 Å². The van der Waals surface area contributed by atoms with Crippen LogP contribution in [0.1, 0.15) is 38.4 Å². The highest BCUT2D eigenvalue weighted by Gasteiger charge is 2.20. The van der Waals surface area contributed by atoms with Crippen molar-refractivity contribution in [2.24, 2.45) is 0 Å². The van der Waals surface area contributed by atoms with Crippen LogP contribution in [0.3, 0.4) is 0 Å². The third-order valence-electron chi connectivity index (χ3n) is 3.56. The molecule has 1 N–H and O–H groups in total. The SMILES string of the molecule is CCCNCc1ccc(COCC(C)(C)N(C)C)nc1. The molecule has 0 aliphatic heterocycles. The topological polar surface area (TPSA) is 37.4 Å². The highest BCUT2D eigenvalue weighted by atomic mass is 16.5. The molecule has 0 spiro atoms. The maximum atomic E-state index is 5.76. The molecule has 20 heavy (non-hydrogen) atoms. The molecule has 0 bridgehead atoms. The Morgan fingerprint density at radius 3 is 2.60 bits per heavy atom. The Hall–Kier alpha value is -0.970. The zero-order valence-electron chi connectivity index (χ0n) is 13.6. The average molecular weight is 279 g/mol. The number of nitrogens with one attached hydrogen (secondary N) is 1. The first kappa shape index (κ1) is 17.1. The van der Waals surface area contributed by atoms with Crippen molar-refractivity contribution in [2.75, 3.05) is 27.2 Å². The van der Waals surface area contributed by atoms with Gasteiger partial charge in [-0.05, 0) is 52.5 Å². The molecule has 1 aromatic heterocycles. The van der Waals surface area contributed by atoms with Crippen LogP contribution >= 0.6 is 0 Å². The van der Waals surface area contributed by atoms with Crippen LogP contribution in [0.25, 0.3) is 0 Å². The highest BCUT2D eigenvalue weighted by Crippen LogP contribution is 2.11. The van der Waals surface area contributed by atoms with Crippen LogP contribution in [-0.4, -0.2) is 42.7 Å². The Kier molecular flexibility index (Phi) is 7.13. The van der Waals surface area contributed by atoms with Crippen molar-refractivity contribution in [1.82, 2.24) is 15.2 Å². The molecule has 0 unspecified atom stereocenters. The van der Waals surface area contributed by atoms with Gasteiger partial charge in [0.15, 0.2) is 0 Å². The first-order valence-corrected chi connectivity index (χ1v) is 7.35. The fourth-order valence-corrected chi connectivity index (χ4v) is 1.59. The van der Waals surface area contributed by atoms with Crippen molar-refractivity contribution in [3.63, 3.8) is 0 Å². The fourth-order valence-electron chi connectivity index (χ4n) is 1.59. The number of rotatable bonds is 9. The summed E-state index contributed by atoms with van der Waals surface area (Å²) in [7, 11) is 4.14. The van der Waals surface area contributed by atoms with Crippen molar-refractivity contribution < 1.29 is 4.74 Å². The summed E-state index contributed by atoms with van der Waals surface area (Å²) in [6, 6.07) is 4.16. The van der Waals surface area contributed by atoms with Gasteiger partial charge in [0, 0.05) is 18.3 Å². The van der Waals surface area contributed by atoms with Gasteiger partial charge in [0.1, 0.15) is 0 Å². The van der Waals surface area contributed by atoms with Crippen molar-refractivity contribution in [3.05, 3.63) is 29.6 Å². The van der Waals surface area contributed by atoms with Crippen LogP contribution in [0.2, 0.25) is 0 Å². The molecule has 0 radical (unpaired) electrons. The largest absolute Gasteiger partial charge is 0.373 e. The molecule has 0 aromatic carbocycles. The molecule has 4 nitrogen and oxygen atoms in total. The standard InChI is InChI=1S/C16H29N3O/c1-6-9-17-10-14-7-8-15(18-11-14)12-20-13-16(2,3)19(4)5/h7-8,11,17H,6,9-10,12-13H2,1-5H3. The van der Waals surface area contributed by atoms with Gasteiger partial charge in [-0.1, -0.05) is 13.0 Å². The van der Waals surface area contributed by atoms with Crippen LogP contribution in [0.5, 0.6) is 0 Å². The first-order chi connectivity index (χ1) is 9.45. The van der Waals surface area contributed by atoms with E-state index in [0.29, 0.717) is 13.2 Å². The van der Waals surface area contributed by atoms with Crippen LogP contribution < -0.4 is 5.32 Å². The average Bonchev–Trinajstić information content (AvgIpc) is 2.40. The molecule has 1 heterocycles. The van der Waals surface area contributed by atoms with Crippen LogP contribution in [0.4, 0.5) is 0 Å². The van der Waals surface area contributed by atoms with Crippen molar-refractivity contribution >= 4 is 0 Å². The predicted octanol–water partition coefficient (Wildman–Crippen LogP) is 2.44. The molecule has 114 valence electrons. The van der Waals surface area contributed by atoms with E-state index in [4.69, 9.17) is 4.74 Å². The van der Waals surface area contributed by atoms with E-state index in [-0.39, 0.29) is 5.54 Å². The summed E-state index contributed by atoms with van der Waals surface area (Å²) in [5, 5.41) is 3.37. The Balaban J connectivity index is 2.35. The van der Waals surface area contributed by atoms with E-state index < -0.39 is 0 Å². The quantitative estimate of drug-likeness (QED) is 0.705. The monoisotopic (exact) mass is 279 g/mol. The van der Waals surface area contributed by atoms with Gasteiger partial charge in [0.25, 0.3) is 0 Å². The number of hydrogen-bond donors (Lipinski definition) is 1. The Labute approximate surface area is 123 Å². The van der Waals surface area contributed by atoms with Gasteiger partial charge < -0.3 is 15.0 Å². The zero-order valence-corrected chi connectivity index (χ0v) is 13.6. The minimum Gasteiger partial charge on any atom is -0.373 e. The summed E-state index contributed by atoms with van der Waals surface area (Å²) in [4.78, 5) is 6.61. The molecule has 0 saturated carbocycles. The molecule has 0 aliphatic rings. The molecule has 1 rings (SSSR count). The minimum absolute atomic E-state index is 0.0456. The summed E-state index contributed by atoms with van der Waals surface area (Å²) < 4.78 is 5.76. The second kappa shape index (κ2) is 8.35. The number of nitrogens with zero attached hydrogens (tertiary/aromatic N) is 2. The lowest BCUT2D eigenvalue weighted by Crippen LogP contribution is -2.42. The summed E-state index contributed by atoms with van der Waals surface area (Å²) in [5.74, 6) is 0. The van der Waals surface area contributed by atoms with E-state index in [2.05, 4.69) is 56.1 Å². The van der Waals surface area contributed by atoms with E-state index in [1.165, 1.54) is 5.56 Å². The van der Waals surface area contributed by atoms with E-state index in [0.717, 1.165) is 25.2 Å². The van der Waals surface area contributed by atoms with E-state index >= 15 is 0 Å². The predicted molar refractivity (Wildman–Crippen MR) is 83.7 cm³/mol. The number of aromatic nitrogens is 1. The Morgan fingerprint density at radius 1 is 1.30 bits per heavy atom. The molecule has 0 aliphatic carbocycles. The first-order valence-electron chi connectivity index (χ1n) is 7.35. The zero-order chi connectivity index (χ0) is 15.0. The maximum Gasteiger partial charge on any atom is 0.0888 e. The van der Waals surface area contributed by atoms with Gasteiger partial charge in [-0.2, -0.15) is 0 Å². The Morgan fingerprint density at radius 2 is 2.05 bits per heavy atom. The highest BCUT2D eigenvalue weighted by molar-refractivity contribution is 5.13. The minimum atomic E-state index is 0.0456. The third kappa shape index (κ3) is 5.99. The summed E-state index contributed by atoms with van der Waals surface area (Å²) in [5.41, 5.74) is 2.25. The summed E-state index contributed by atoms with van der Waals surface area (Å²) in [6.07, 6.45) is 3.08. The van der Waals surface area contributed by atoms with Crippen LogP contribution in [0.15, 0.2) is 18.3 Å². The molecule has 0 atom stereocenters. The Bertz CT molecular complexity index is 374. The number of pyridine rings is 1. The molecular formula is C16H29N3O. The lowest BCUT2D eigenvalue weighted by molar-refractivity contribution is 0.0262. The van der Waals surface area contributed by atoms with Crippen molar-refractivity contribution in [3.8, 4) is 0 Å². The lowest BCUT2D eigenvalue weighted by Gasteiger charge is -2.32. The van der Waals surface area contributed by atoms with E-state index in [1.54, 1.807) is 0 Å². The van der Waals surface area contributed by atoms with Gasteiger partial charge in [-0.15, -0.1) is 0 Å². The van der Waals surface area contributed by atoms with Gasteiger partial charge in [-0.3, -0.25) is 4.98 Å². The normalized spacial score (nSPS) is 12.1. The van der Waals surface area contributed by atoms with Gasteiger partial charge in [0.05, 0.1) is 18.9 Å². The van der Waals surface area contributed by atoms with Gasteiger partial charge in [-0.25, -0.2) is 0 Å². The van der Waals surface area contributed by atoms with Crippen molar-refractivity contribution in [1.29, 1.82) is 0 Å². The van der Waals surface area contributed by atoms with Crippen LogP contribution in [0, 0.1) is 0 Å². The molecular weight excluding hydrogens is 250 g/mol. The second-order valence-corrected chi connectivity index (χ2v) is 6.03. The van der Waals surface area contributed by atoms with Gasteiger partial charge in [0.2, 0.25) is 0 Å². The molecule has 0 amide bonds.